The van der Waals surface area contributed by atoms with Gasteiger partial charge in [0.1, 0.15) is 34.2 Å². The van der Waals surface area contributed by atoms with E-state index in [1.54, 1.807) is 101 Å². The molecule has 4 amide bonds. The number of hydrogen-bond acceptors (Lipinski definition) is 17. The lowest BCUT2D eigenvalue weighted by molar-refractivity contribution is 0.00994. The third-order valence-corrected chi connectivity index (χ3v) is 17.1. The van der Waals surface area contributed by atoms with Crippen LogP contribution in [0.5, 0.6) is 23.0 Å². The number of aliphatic hydroxyl groups excluding tert-OH is 2. The molecule has 0 saturated heterocycles. The Balaban J connectivity index is 0.000000228. The minimum Gasteiger partial charge on any atom is -0.497 e. The molecule has 0 radical (unpaired) electrons. The zero-order chi connectivity index (χ0) is 76.0. The molecule has 6 N–H and O–H groups in total. The third kappa shape index (κ3) is 20.1. The fourth-order valence-electron chi connectivity index (χ4n) is 11.8. The highest BCUT2D eigenvalue weighted by Gasteiger charge is 2.41. The molecule has 9 aromatic rings. The van der Waals surface area contributed by atoms with E-state index in [0.717, 1.165) is 82.1 Å². The first-order valence-electron chi connectivity index (χ1n) is 35.6. The van der Waals surface area contributed by atoms with Crippen LogP contribution >= 0.6 is 0 Å². The van der Waals surface area contributed by atoms with Crippen LogP contribution in [0, 0.1) is 0 Å². The number of benzene rings is 9. The summed E-state index contributed by atoms with van der Waals surface area (Å²) in [5.41, 5.74) is 17.9. The van der Waals surface area contributed by atoms with E-state index in [1.165, 1.54) is 24.6 Å². The second-order valence-corrected chi connectivity index (χ2v) is 23.4. The lowest BCUT2D eigenvalue weighted by Gasteiger charge is -2.36. The van der Waals surface area contributed by atoms with Crippen molar-refractivity contribution in [3.8, 4) is 23.0 Å². The van der Waals surface area contributed by atoms with Crippen molar-refractivity contribution in [2.24, 2.45) is 11.5 Å². The van der Waals surface area contributed by atoms with Gasteiger partial charge in [0.05, 0.1) is 61.8 Å². The number of fused-ring (bicyclic) bond motifs is 3. The number of esters is 2. The topological polar surface area (TPSA) is 266 Å². The largest absolute Gasteiger partial charge is 0.497 e. The average Bonchev–Trinajstić information content (AvgIpc) is 1.75. The first kappa shape index (κ1) is 78.1. The van der Waals surface area contributed by atoms with Gasteiger partial charge in [-0.3, -0.25) is 29.0 Å². The molecule has 0 unspecified atom stereocenters. The van der Waals surface area contributed by atoms with Crippen LogP contribution in [0.4, 0.5) is 0 Å². The van der Waals surface area contributed by atoms with E-state index in [0.29, 0.717) is 98.5 Å². The van der Waals surface area contributed by atoms with Gasteiger partial charge in [0, 0.05) is 42.3 Å². The minimum atomic E-state index is -0.894. The van der Waals surface area contributed by atoms with Crippen molar-refractivity contribution in [3.63, 3.8) is 0 Å². The van der Waals surface area contributed by atoms with Crippen molar-refractivity contribution in [1.29, 1.82) is 0 Å². The van der Waals surface area contributed by atoms with Gasteiger partial charge in [0.15, 0.2) is 0 Å². The van der Waals surface area contributed by atoms with Gasteiger partial charge in [0.25, 0.3) is 23.6 Å². The summed E-state index contributed by atoms with van der Waals surface area (Å²) in [6.07, 6.45) is 6.14. The normalized spacial score (nSPS) is 12.5. The van der Waals surface area contributed by atoms with Crippen molar-refractivity contribution in [2.45, 2.75) is 77.4 Å². The smallest absolute Gasteiger partial charge is 0.346 e. The lowest BCUT2D eigenvalue weighted by Crippen LogP contribution is -2.34. The summed E-state index contributed by atoms with van der Waals surface area (Å²) < 4.78 is 50.9. The number of methoxy groups -OCH3 is 4. The van der Waals surface area contributed by atoms with Crippen LogP contribution in [-0.2, 0) is 25.4 Å². The fourth-order valence-corrected chi connectivity index (χ4v) is 11.8. The summed E-state index contributed by atoms with van der Waals surface area (Å²) in [5.74, 6) is 1.14. The first-order chi connectivity index (χ1) is 51.3. The number of hydrogen-bond donors (Lipinski definition) is 4. The van der Waals surface area contributed by atoms with Gasteiger partial charge in [-0.25, -0.2) is 9.59 Å². The summed E-state index contributed by atoms with van der Waals surface area (Å²) >= 11 is 0. The molecule has 9 aromatic carbocycles. The molecule has 542 valence electrons. The first-order valence-corrected chi connectivity index (χ1v) is 33.6. The molecule has 0 spiro atoms. The van der Waals surface area contributed by atoms with Crippen LogP contribution in [-0.4, -0.2) is 137 Å². The minimum absolute atomic E-state index is 0.0865. The second-order valence-electron chi connectivity index (χ2n) is 23.4. The molecule has 3 aliphatic rings. The maximum absolute atomic E-state index is 12.7. The van der Waals surface area contributed by atoms with E-state index in [1.807, 2.05) is 109 Å². The molecular formula is C84H96N4O15. The summed E-state index contributed by atoms with van der Waals surface area (Å²) in [6, 6.07) is 72.8. The highest BCUT2D eigenvalue weighted by Crippen LogP contribution is 2.44. The summed E-state index contributed by atoms with van der Waals surface area (Å²) in [6.45, 7) is 3.46. The van der Waals surface area contributed by atoms with Gasteiger partial charge in [0.2, 0.25) is 0 Å². The molecule has 0 atom stereocenters. The van der Waals surface area contributed by atoms with E-state index in [-0.39, 0.29) is 36.8 Å². The van der Waals surface area contributed by atoms with E-state index in [4.69, 9.17) is 52.8 Å². The Morgan fingerprint density at radius 1 is 0.359 bits per heavy atom. The van der Waals surface area contributed by atoms with Crippen molar-refractivity contribution in [1.82, 2.24) is 9.80 Å². The van der Waals surface area contributed by atoms with Gasteiger partial charge in [-0.15, -0.1) is 0 Å². The number of ether oxygens (including phenoxy) is 7. The number of aliphatic hydroxyl groups is 2. The summed E-state index contributed by atoms with van der Waals surface area (Å²) in [5, 5.41) is 16.8. The molecule has 3 aliphatic heterocycles. The van der Waals surface area contributed by atoms with Gasteiger partial charge >= 0.3 is 11.9 Å². The molecular weight excluding hydrogens is 1300 g/mol. The molecule has 19 heteroatoms. The van der Waals surface area contributed by atoms with Crippen molar-refractivity contribution in [3.05, 3.63) is 297 Å². The Bertz CT molecular complexity index is 3930. The van der Waals surface area contributed by atoms with E-state index >= 15 is 0 Å². The van der Waals surface area contributed by atoms with Gasteiger partial charge in [-0.2, -0.15) is 0 Å². The van der Waals surface area contributed by atoms with Crippen molar-refractivity contribution >= 4 is 35.6 Å². The number of carbonyl (C=O) groups excluding carboxylic acids is 6. The number of carbonyl (C=O) groups is 6. The quantitative estimate of drug-likeness (QED) is 0.0117. The predicted molar refractivity (Wildman–Crippen MR) is 399 cm³/mol. The van der Waals surface area contributed by atoms with E-state index in [2.05, 4.69) is 53.3 Å². The van der Waals surface area contributed by atoms with Crippen LogP contribution in [0.3, 0.4) is 0 Å². The van der Waals surface area contributed by atoms with Crippen LogP contribution in [0.2, 0.25) is 0 Å². The molecule has 0 fully saturated rings. The maximum atomic E-state index is 12.7. The number of unbranched alkanes of at least 4 members (excludes halogenated alkanes) is 4. The van der Waals surface area contributed by atoms with Crippen LogP contribution in [0.25, 0.3) is 0 Å². The van der Waals surface area contributed by atoms with Crippen molar-refractivity contribution in [2.75, 3.05) is 81.0 Å². The van der Waals surface area contributed by atoms with Gasteiger partial charge < -0.3 is 54.8 Å². The number of nitrogens with zero attached hydrogens (tertiary/aromatic N) is 2. The SMILES string of the molecule is COc1ccc(C(OCCCCN)(c2ccccc2)c2ccc(OC)cc2)cc1.COc1ccc(C(OCCCCN2C(=O)c3ccccc3C2=O)(c2ccccc2)c2ccc(OC)cc2)cc1.NCCCCO.O=C1OC(=O)c2ccccc21.O=C1c2ccccc2C(=O)N1CCCCO.[2H]C.[3H]C. The van der Waals surface area contributed by atoms with Gasteiger partial charge in [-0.1, -0.05) is 160 Å². The molecule has 0 saturated carbocycles. The van der Waals surface area contributed by atoms with Crippen LogP contribution in [0.15, 0.2) is 231 Å². The number of cyclic esters (lactones) is 2. The molecule has 12 rings (SSSR count). The van der Waals surface area contributed by atoms with Crippen molar-refractivity contribution < 1.29 is 74.9 Å². The Hall–Kier alpha value is -10.6. The highest BCUT2D eigenvalue weighted by atomic mass is 16.6. The molecule has 3 heterocycles. The lowest BCUT2D eigenvalue weighted by atomic mass is 9.80. The Kier molecular flexibility index (Phi) is 31.3. The van der Waals surface area contributed by atoms with Crippen LogP contribution < -0.4 is 30.4 Å². The number of amides is 4. The van der Waals surface area contributed by atoms with E-state index in [9.17, 15) is 28.8 Å². The Labute approximate surface area is 607 Å². The number of rotatable bonds is 28. The number of nitrogens with two attached hydrogens (primary N) is 2. The third-order valence-electron chi connectivity index (χ3n) is 17.1. The zero-order valence-corrected chi connectivity index (χ0v) is 59.5. The average molecular weight is 1400 g/mol. The second kappa shape index (κ2) is 41.3. The molecule has 103 heavy (non-hydrogen) atoms. The van der Waals surface area contributed by atoms with E-state index < -0.39 is 23.1 Å². The molecule has 0 aliphatic carbocycles. The maximum Gasteiger partial charge on any atom is 0.346 e. The standard InChI is InChI=1S/C33H31NO5.C25H29NO3.C12H13NO3.C8H4O3.C4H11NO.2CH4/c1-37-27-18-14-25(15-19-27)33(24-10-4-3-5-11-24,26-16-20-28(38-2)21-17-26)39-23-9-8-22-34-31(35)29-12-6-7-13-30(29)32(34)36;1-27-23-14-10-21(11-15-23)25(29-19-7-6-18-26,20-8-4-3-5-9-20)22-12-16-24(28-2)17-13-22;14-8-4-3-7-13-11(15)9-5-1-2-6-10(9)12(13)16;9-7-5-3-1-2-4-6(5)8(10)11-7;5-3-1-2-4-6;;/h3-7,10-21H,8-9,22-23H2,1-2H3;3-5,8-17H,6-7,18-19,26H2,1-2H3;1-2,5-6,14H,3-4,7-8H2;1-4H;6H,1-5H2;2*1H4/i;;;;;1T;1D. The predicted octanol–water partition coefficient (Wildman–Crippen LogP) is 13.9. The summed E-state index contributed by atoms with van der Waals surface area (Å²) in [4.78, 5) is 73.4. The zero-order valence-electron chi connectivity index (χ0n) is 61.5. The highest BCUT2D eigenvalue weighted by molar-refractivity contribution is 6.22. The Morgan fingerprint density at radius 2 is 0.602 bits per heavy atom. The number of imide groups is 2. The molecule has 0 bridgehead atoms. The Morgan fingerprint density at radius 3 is 0.874 bits per heavy atom. The monoisotopic (exact) mass is 1400 g/mol. The van der Waals surface area contributed by atoms with Gasteiger partial charge in [-0.05, 0) is 183 Å². The molecule has 19 nitrogen and oxygen atoms in total. The fraction of sp³-hybridized carbons (Fsp3) is 0.286. The van der Waals surface area contributed by atoms with Crippen LogP contribution in [0.1, 0.15) is 164 Å². The molecule has 0 aromatic heterocycles. The summed E-state index contributed by atoms with van der Waals surface area (Å²) in [7, 11) is 9.14.